The summed E-state index contributed by atoms with van der Waals surface area (Å²) in [7, 11) is 0. The van der Waals surface area contributed by atoms with Gasteiger partial charge in [0, 0.05) is 18.0 Å². The fourth-order valence-electron chi connectivity index (χ4n) is 7.45. The van der Waals surface area contributed by atoms with Crippen molar-refractivity contribution in [2.45, 2.75) is 81.4 Å². The second kappa shape index (κ2) is 12.2. The van der Waals surface area contributed by atoms with Gasteiger partial charge in [0.2, 0.25) is 17.7 Å². The molecule has 5 nitrogen and oxygen atoms in total. The fraction of sp³-hybridized carbons (Fsp3) is 0.417. The molecule has 0 spiro atoms. The molecule has 0 aromatic heterocycles. The number of imide groups is 1. The molecule has 1 N–H and O–H groups in total. The van der Waals surface area contributed by atoms with Crippen LogP contribution in [0.4, 0.5) is 11.4 Å². The lowest BCUT2D eigenvalue weighted by Crippen LogP contribution is -2.50. The SMILES string of the molecule is CCCCCCCCCCCC(=O)Nc1ccc(N2C(=O)[C@H]3C4c5ccccc5C(Br)(c5ccccc54)[C@H]3C2=O)cc1. The summed E-state index contributed by atoms with van der Waals surface area (Å²) in [4.78, 5) is 42.0. The number of amides is 3. The lowest BCUT2D eigenvalue weighted by atomic mass is 9.55. The van der Waals surface area contributed by atoms with Crippen molar-refractivity contribution in [1.82, 2.24) is 0 Å². The van der Waals surface area contributed by atoms with Crippen molar-refractivity contribution in [1.29, 1.82) is 0 Å². The topological polar surface area (TPSA) is 66.5 Å². The van der Waals surface area contributed by atoms with E-state index in [-0.39, 0.29) is 23.6 Å². The maximum absolute atomic E-state index is 14.1. The van der Waals surface area contributed by atoms with Gasteiger partial charge < -0.3 is 5.32 Å². The highest BCUT2D eigenvalue weighted by Gasteiger charge is 2.67. The molecule has 0 unspecified atom stereocenters. The number of alkyl halides is 1. The number of hydrogen-bond donors (Lipinski definition) is 1. The zero-order valence-corrected chi connectivity index (χ0v) is 25.9. The van der Waals surface area contributed by atoms with E-state index in [1.54, 1.807) is 24.3 Å². The third-order valence-corrected chi connectivity index (χ3v) is 10.8. The molecule has 1 fully saturated rings. The highest BCUT2D eigenvalue weighted by Crippen LogP contribution is 2.66. The molecule has 218 valence electrons. The molecule has 3 aromatic rings. The third kappa shape index (κ3) is 4.92. The summed E-state index contributed by atoms with van der Waals surface area (Å²) in [5, 5.41) is 2.98. The zero-order valence-electron chi connectivity index (χ0n) is 24.3. The molecule has 42 heavy (non-hydrogen) atoms. The first-order valence-corrected chi connectivity index (χ1v) is 16.4. The Balaban J connectivity index is 1.11. The fourth-order valence-corrected chi connectivity index (χ4v) is 8.65. The molecule has 1 heterocycles. The number of unbranched alkanes of at least 4 members (excludes halogenated alkanes) is 8. The third-order valence-electron chi connectivity index (χ3n) is 9.43. The van der Waals surface area contributed by atoms with Gasteiger partial charge in [0.05, 0.1) is 21.8 Å². The molecular formula is C36H39BrN2O3. The normalized spacial score (nSPS) is 23.5. The van der Waals surface area contributed by atoms with E-state index in [2.05, 4.69) is 52.4 Å². The second-order valence-electron chi connectivity index (χ2n) is 12.1. The van der Waals surface area contributed by atoms with Crippen LogP contribution in [0.3, 0.4) is 0 Å². The first-order valence-electron chi connectivity index (χ1n) is 15.6. The van der Waals surface area contributed by atoms with Gasteiger partial charge in [0.1, 0.15) is 0 Å². The number of hydrogen-bond acceptors (Lipinski definition) is 3. The average Bonchev–Trinajstić information content (AvgIpc) is 3.28. The first-order chi connectivity index (χ1) is 20.5. The summed E-state index contributed by atoms with van der Waals surface area (Å²) in [5.74, 6) is -1.52. The average molecular weight is 628 g/mol. The number of benzene rings is 3. The molecule has 3 amide bonds. The Bertz CT molecular complexity index is 1440. The Kier molecular flexibility index (Phi) is 8.35. The molecular weight excluding hydrogens is 588 g/mol. The van der Waals surface area contributed by atoms with Crippen molar-refractivity contribution in [3.8, 4) is 0 Å². The Morgan fingerprint density at radius 1 is 0.762 bits per heavy atom. The van der Waals surface area contributed by atoms with Crippen molar-refractivity contribution in [3.63, 3.8) is 0 Å². The Hall–Kier alpha value is -3.25. The monoisotopic (exact) mass is 626 g/mol. The van der Waals surface area contributed by atoms with Gasteiger partial charge in [-0.25, -0.2) is 4.90 Å². The largest absolute Gasteiger partial charge is 0.326 e. The van der Waals surface area contributed by atoms with Crippen LogP contribution in [0.25, 0.3) is 0 Å². The number of rotatable bonds is 12. The van der Waals surface area contributed by atoms with Gasteiger partial charge >= 0.3 is 0 Å². The number of carbonyl (C=O) groups is 3. The van der Waals surface area contributed by atoms with E-state index in [1.165, 1.54) is 49.8 Å². The van der Waals surface area contributed by atoms with Crippen LogP contribution in [0.2, 0.25) is 0 Å². The van der Waals surface area contributed by atoms with Gasteiger partial charge in [0.15, 0.2) is 0 Å². The first kappa shape index (κ1) is 28.9. The summed E-state index contributed by atoms with van der Waals surface area (Å²) in [6, 6.07) is 23.5. The molecule has 2 bridgehead atoms. The van der Waals surface area contributed by atoms with E-state index in [4.69, 9.17) is 0 Å². The van der Waals surface area contributed by atoms with Crippen LogP contribution in [-0.4, -0.2) is 17.7 Å². The number of nitrogens with zero attached hydrogens (tertiary/aromatic N) is 1. The van der Waals surface area contributed by atoms with Crippen LogP contribution in [0.1, 0.15) is 99.3 Å². The minimum atomic E-state index is -0.760. The van der Waals surface area contributed by atoms with Crippen LogP contribution in [-0.2, 0) is 18.7 Å². The highest BCUT2D eigenvalue weighted by molar-refractivity contribution is 9.09. The maximum atomic E-state index is 14.1. The quantitative estimate of drug-likeness (QED) is 0.125. The lowest BCUT2D eigenvalue weighted by Gasteiger charge is -2.51. The highest BCUT2D eigenvalue weighted by atomic mass is 79.9. The Morgan fingerprint density at radius 2 is 1.31 bits per heavy atom. The molecule has 0 saturated carbocycles. The standard InChI is InChI=1S/C36H39BrN2O3/c1-2-3-4-5-6-7-8-9-10-19-30(40)38-24-20-22-25(23-21-24)39-34(41)32-31-26-15-11-13-17-28(26)36(37,33(32)35(39)42)29-18-14-12-16-27(29)31/h11-18,20-23,31-33H,2-10,19H2,1H3,(H,38,40)/t31?,32-,33+,36?/m0/s1. The molecule has 7 rings (SSSR count). The van der Waals surface area contributed by atoms with Gasteiger partial charge in [-0.1, -0.05) is 123 Å². The van der Waals surface area contributed by atoms with Crippen molar-refractivity contribution in [2.75, 3.05) is 10.2 Å². The van der Waals surface area contributed by atoms with Crippen LogP contribution < -0.4 is 10.2 Å². The molecule has 3 aromatic carbocycles. The minimum absolute atomic E-state index is 0.00150. The predicted molar refractivity (Wildman–Crippen MR) is 171 cm³/mol. The van der Waals surface area contributed by atoms with Gasteiger partial charge in [-0.2, -0.15) is 0 Å². The van der Waals surface area contributed by atoms with Gasteiger partial charge in [-0.05, 0) is 52.9 Å². The van der Waals surface area contributed by atoms with E-state index in [9.17, 15) is 14.4 Å². The van der Waals surface area contributed by atoms with Crippen molar-refractivity contribution >= 4 is 45.0 Å². The molecule has 0 radical (unpaired) electrons. The number of halogens is 1. The summed E-state index contributed by atoms with van der Waals surface area (Å²) in [5.41, 5.74) is 5.59. The van der Waals surface area contributed by atoms with Crippen LogP contribution in [0.15, 0.2) is 72.8 Å². The van der Waals surface area contributed by atoms with Crippen molar-refractivity contribution in [3.05, 3.63) is 95.1 Å². The number of carbonyl (C=O) groups excluding carboxylic acids is 3. The molecule has 1 saturated heterocycles. The molecule has 1 aliphatic heterocycles. The van der Waals surface area contributed by atoms with E-state index < -0.39 is 16.2 Å². The molecule has 3 aliphatic carbocycles. The van der Waals surface area contributed by atoms with Crippen LogP contribution >= 0.6 is 15.9 Å². The smallest absolute Gasteiger partial charge is 0.239 e. The second-order valence-corrected chi connectivity index (χ2v) is 13.3. The summed E-state index contributed by atoms with van der Waals surface area (Å²) in [6.07, 6.45) is 11.4. The van der Waals surface area contributed by atoms with Crippen molar-refractivity contribution in [2.24, 2.45) is 11.8 Å². The predicted octanol–water partition coefficient (Wildman–Crippen LogP) is 8.45. The van der Waals surface area contributed by atoms with Crippen molar-refractivity contribution < 1.29 is 14.4 Å². The zero-order chi connectivity index (χ0) is 29.3. The van der Waals surface area contributed by atoms with Gasteiger partial charge in [-0.15, -0.1) is 0 Å². The Labute approximate surface area is 257 Å². The van der Waals surface area contributed by atoms with Crippen LogP contribution in [0.5, 0.6) is 0 Å². The molecule has 6 heteroatoms. The van der Waals surface area contributed by atoms with E-state index in [1.807, 2.05) is 24.3 Å². The van der Waals surface area contributed by atoms with Crippen LogP contribution in [0, 0.1) is 11.8 Å². The molecule has 2 atom stereocenters. The Morgan fingerprint density at radius 3 is 1.90 bits per heavy atom. The van der Waals surface area contributed by atoms with Gasteiger partial charge in [0.25, 0.3) is 0 Å². The van der Waals surface area contributed by atoms with E-state index >= 15 is 0 Å². The maximum Gasteiger partial charge on any atom is 0.239 e. The summed E-state index contributed by atoms with van der Waals surface area (Å²) >= 11 is 4.04. The summed E-state index contributed by atoms with van der Waals surface area (Å²) < 4.78 is -0.760. The number of nitrogens with one attached hydrogen (secondary N) is 1. The van der Waals surface area contributed by atoms with E-state index in [0.717, 1.165) is 35.1 Å². The molecule has 4 aliphatic rings. The van der Waals surface area contributed by atoms with Gasteiger partial charge in [-0.3, -0.25) is 14.4 Å². The van der Waals surface area contributed by atoms with E-state index in [0.29, 0.717) is 17.8 Å². The lowest BCUT2D eigenvalue weighted by molar-refractivity contribution is -0.122. The number of anilines is 2. The minimum Gasteiger partial charge on any atom is -0.326 e. The summed E-state index contributed by atoms with van der Waals surface area (Å²) in [6.45, 7) is 2.24.